The van der Waals surface area contributed by atoms with Crippen LogP contribution >= 0.6 is 22.9 Å². The van der Waals surface area contributed by atoms with Gasteiger partial charge in [0.05, 0.1) is 4.34 Å². The number of rotatable bonds is 3. The van der Waals surface area contributed by atoms with Crippen molar-refractivity contribution < 1.29 is 13.2 Å². The van der Waals surface area contributed by atoms with E-state index in [4.69, 9.17) is 11.6 Å². The highest BCUT2D eigenvalue weighted by Gasteiger charge is 2.41. The number of halogens is 4. The summed E-state index contributed by atoms with van der Waals surface area (Å²) in [5.74, 6) is 0. The summed E-state index contributed by atoms with van der Waals surface area (Å²) >= 11 is 6.72. The van der Waals surface area contributed by atoms with Gasteiger partial charge in [-0.2, -0.15) is 13.2 Å². The van der Waals surface area contributed by atoms with Crippen molar-refractivity contribution in [1.82, 2.24) is 5.32 Å². The number of thiophene rings is 1. The van der Waals surface area contributed by atoms with Gasteiger partial charge in [-0.25, -0.2) is 0 Å². The van der Waals surface area contributed by atoms with Gasteiger partial charge in [0.25, 0.3) is 0 Å². The molecular weight excluding hydrogens is 247 g/mol. The van der Waals surface area contributed by atoms with Crippen LogP contribution in [0.3, 0.4) is 0 Å². The van der Waals surface area contributed by atoms with Gasteiger partial charge in [0, 0.05) is 4.88 Å². The lowest BCUT2D eigenvalue weighted by Crippen LogP contribution is -2.33. The summed E-state index contributed by atoms with van der Waals surface area (Å²) in [7, 11) is 0. The van der Waals surface area contributed by atoms with Crippen molar-refractivity contribution in [2.75, 3.05) is 6.54 Å². The van der Waals surface area contributed by atoms with Crippen LogP contribution in [0.15, 0.2) is 6.07 Å². The molecule has 1 heterocycles. The van der Waals surface area contributed by atoms with E-state index in [1.54, 1.807) is 13.8 Å². The van der Waals surface area contributed by atoms with Crippen molar-refractivity contribution in [2.24, 2.45) is 0 Å². The maximum atomic E-state index is 12.6. The molecule has 0 aliphatic heterocycles. The van der Waals surface area contributed by atoms with Crippen molar-refractivity contribution in [3.8, 4) is 0 Å². The lowest BCUT2D eigenvalue weighted by Gasteiger charge is -2.19. The molecule has 1 unspecified atom stereocenters. The Morgan fingerprint density at radius 1 is 1.53 bits per heavy atom. The molecule has 0 aliphatic carbocycles. The molecule has 0 aliphatic rings. The third-order valence-corrected chi connectivity index (χ3v) is 3.52. The average molecular weight is 258 g/mol. The van der Waals surface area contributed by atoms with E-state index in [1.807, 2.05) is 0 Å². The largest absolute Gasteiger partial charge is 0.408 e. The van der Waals surface area contributed by atoms with Crippen LogP contribution in [0.1, 0.15) is 23.4 Å². The van der Waals surface area contributed by atoms with Gasteiger partial charge in [-0.1, -0.05) is 18.5 Å². The van der Waals surface area contributed by atoms with Crippen molar-refractivity contribution in [2.45, 2.75) is 26.1 Å². The van der Waals surface area contributed by atoms with Crippen LogP contribution in [0.5, 0.6) is 0 Å². The Labute approximate surface area is 95.2 Å². The van der Waals surface area contributed by atoms with E-state index >= 15 is 0 Å². The highest BCUT2D eigenvalue weighted by atomic mass is 35.5. The SMILES string of the molecule is CCNC(c1cc(C)c(Cl)s1)C(F)(F)F. The maximum absolute atomic E-state index is 12.6. The molecule has 1 rings (SSSR count). The molecule has 1 N–H and O–H groups in total. The summed E-state index contributed by atoms with van der Waals surface area (Å²) in [5.41, 5.74) is 0.684. The lowest BCUT2D eigenvalue weighted by atomic mass is 10.2. The Morgan fingerprint density at radius 3 is 2.47 bits per heavy atom. The van der Waals surface area contributed by atoms with Gasteiger partial charge in [0.15, 0.2) is 0 Å². The van der Waals surface area contributed by atoms with Gasteiger partial charge < -0.3 is 5.32 Å². The van der Waals surface area contributed by atoms with Crippen LogP contribution in [-0.4, -0.2) is 12.7 Å². The molecule has 0 saturated heterocycles. The second kappa shape index (κ2) is 4.72. The first-order valence-corrected chi connectivity index (χ1v) is 5.61. The van der Waals surface area contributed by atoms with Gasteiger partial charge in [-0.05, 0) is 25.1 Å². The molecule has 1 atom stereocenters. The zero-order valence-electron chi connectivity index (χ0n) is 8.28. The van der Waals surface area contributed by atoms with Crippen LogP contribution < -0.4 is 5.32 Å². The summed E-state index contributed by atoms with van der Waals surface area (Å²) in [6.07, 6.45) is -4.28. The fraction of sp³-hybridized carbons (Fsp3) is 0.556. The smallest absolute Gasteiger partial charge is 0.302 e. The van der Waals surface area contributed by atoms with Gasteiger partial charge in [0.2, 0.25) is 0 Å². The zero-order valence-corrected chi connectivity index (χ0v) is 9.85. The monoisotopic (exact) mass is 257 g/mol. The van der Waals surface area contributed by atoms with E-state index < -0.39 is 12.2 Å². The van der Waals surface area contributed by atoms with Crippen molar-refractivity contribution in [3.05, 3.63) is 20.8 Å². The first-order valence-electron chi connectivity index (χ1n) is 4.42. The van der Waals surface area contributed by atoms with Crippen molar-refractivity contribution in [1.29, 1.82) is 0 Å². The van der Waals surface area contributed by atoms with E-state index in [0.717, 1.165) is 11.3 Å². The summed E-state index contributed by atoms with van der Waals surface area (Å²) in [6, 6.07) is -0.132. The van der Waals surface area contributed by atoms with E-state index in [1.165, 1.54) is 6.07 Å². The Bertz CT molecular complexity index is 315. The quantitative estimate of drug-likeness (QED) is 0.865. The Kier molecular flexibility index (Phi) is 4.03. The number of aryl methyl sites for hydroxylation is 1. The summed E-state index contributed by atoms with van der Waals surface area (Å²) in [5, 5.41) is 2.41. The second-order valence-corrected chi connectivity index (χ2v) is 4.82. The van der Waals surface area contributed by atoms with Crippen LogP contribution in [0.4, 0.5) is 13.2 Å². The topological polar surface area (TPSA) is 12.0 Å². The fourth-order valence-electron chi connectivity index (χ4n) is 1.21. The first-order chi connectivity index (χ1) is 6.86. The van der Waals surface area contributed by atoms with E-state index in [-0.39, 0.29) is 11.4 Å². The highest BCUT2D eigenvalue weighted by Crippen LogP contribution is 2.39. The molecule has 1 nitrogen and oxygen atoms in total. The average Bonchev–Trinajstić information content (AvgIpc) is 2.40. The number of nitrogens with one attached hydrogen (secondary N) is 1. The minimum atomic E-state index is -4.28. The van der Waals surface area contributed by atoms with Gasteiger partial charge in [-0.3, -0.25) is 0 Å². The Hall–Kier alpha value is -0.260. The van der Waals surface area contributed by atoms with Gasteiger partial charge in [0.1, 0.15) is 6.04 Å². The molecule has 0 saturated carbocycles. The standard InChI is InChI=1S/C9H11ClF3NS/c1-3-14-7(9(11,12)13)6-4-5(2)8(10)15-6/h4,7,14H,3H2,1-2H3. The molecule has 0 aromatic carbocycles. The third-order valence-electron chi connectivity index (χ3n) is 1.90. The molecule has 15 heavy (non-hydrogen) atoms. The Morgan fingerprint density at radius 2 is 2.13 bits per heavy atom. The molecular formula is C9H11ClF3NS. The molecule has 0 bridgehead atoms. The van der Waals surface area contributed by atoms with Crippen LogP contribution in [-0.2, 0) is 0 Å². The predicted octanol–water partition coefficient (Wildman–Crippen LogP) is 3.92. The van der Waals surface area contributed by atoms with Gasteiger partial charge >= 0.3 is 6.18 Å². The summed E-state index contributed by atoms with van der Waals surface area (Å²) in [6.45, 7) is 3.60. The van der Waals surface area contributed by atoms with E-state index in [9.17, 15) is 13.2 Å². The zero-order chi connectivity index (χ0) is 11.6. The van der Waals surface area contributed by atoms with E-state index in [0.29, 0.717) is 9.90 Å². The minimum absolute atomic E-state index is 0.215. The Balaban J connectivity index is 2.99. The third kappa shape index (κ3) is 3.09. The minimum Gasteiger partial charge on any atom is -0.302 e. The first kappa shape index (κ1) is 12.8. The normalized spacial score (nSPS) is 14.3. The molecule has 0 amide bonds. The van der Waals surface area contributed by atoms with Crippen molar-refractivity contribution >= 4 is 22.9 Å². The summed E-state index contributed by atoms with van der Waals surface area (Å²) < 4.78 is 38.3. The molecule has 0 fully saturated rings. The predicted molar refractivity (Wildman–Crippen MR) is 56.5 cm³/mol. The summed E-state index contributed by atoms with van der Waals surface area (Å²) in [4.78, 5) is 0.215. The maximum Gasteiger partial charge on any atom is 0.408 e. The van der Waals surface area contributed by atoms with Crippen LogP contribution in [0.2, 0.25) is 4.34 Å². The number of hydrogen-bond donors (Lipinski definition) is 1. The molecule has 6 heteroatoms. The van der Waals surface area contributed by atoms with Crippen molar-refractivity contribution in [3.63, 3.8) is 0 Å². The number of alkyl halides is 3. The van der Waals surface area contributed by atoms with E-state index in [2.05, 4.69) is 5.32 Å². The van der Waals surface area contributed by atoms with Crippen LogP contribution in [0.25, 0.3) is 0 Å². The molecule has 1 aromatic rings. The fourth-order valence-corrected chi connectivity index (χ4v) is 2.53. The molecule has 1 aromatic heterocycles. The molecule has 0 spiro atoms. The highest BCUT2D eigenvalue weighted by molar-refractivity contribution is 7.16. The molecule has 0 radical (unpaired) electrons. The van der Waals surface area contributed by atoms with Crippen LogP contribution in [0, 0.1) is 6.92 Å². The second-order valence-electron chi connectivity index (χ2n) is 3.14. The molecule has 86 valence electrons. The number of hydrogen-bond acceptors (Lipinski definition) is 2. The van der Waals surface area contributed by atoms with Gasteiger partial charge in [-0.15, -0.1) is 11.3 Å². The lowest BCUT2D eigenvalue weighted by molar-refractivity contribution is -0.156.